The Hall–Kier alpha value is -3.18. The lowest BCUT2D eigenvalue weighted by molar-refractivity contribution is -0.137. The predicted molar refractivity (Wildman–Crippen MR) is 109 cm³/mol. The summed E-state index contributed by atoms with van der Waals surface area (Å²) < 4.78 is 45.6. The predicted octanol–water partition coefficient (Wildman–Crippen LogP) is 3.88. The highest BCUT2D eigenvalue weighted by atomic mass is 35.5. The molecular weight excluding hydrogens is 449 g/mol. The smallest absolute Gasteiger partial charge is 0.334 e. The van der Waals surface area contributed by atoms with Gasteiger partial charge >= 0.3 is 6.18 Å². The molecule has 1 aromatic carbocycles. The van der Waals surface area contributed by atoms with Gasteiger partial charge in [0, 0.05) is 12.0 Å². The Morgan fingerprint density at radius 3 is 2.66 bits per heavy atom. The van der Waals surface area contributed by atoms with Crippen LogP contribution in [0.4, 0.5) is 13.2 Å². The lowest BCUT2D eigenvalue weighted by Crippen LogP contribution is -2.28. The molecular formula is C20H16ClF3N6O2. The molecule has 8 nitrogen and oxygen atoms in total. The molecule has 1 aliphatic heterocycles. The minimum Gasteiger partial charge on any atom is -0.334 e. The maximum Gasteiger partial charge on any atom is 0.416 e. The zero-order chi connectivity index (χ0) is 22.5. The Morgan fingerprint density at radius 1 is 1.16 bits per heavy atom. The number of hydrogen-bond donors (Lipinski definition) is 2. The van der Waals surface area contributed by atoms with Gasteiger partial charge in [-0.15, -0.1) is 0 Å². The van der Waals surface area contributed by atoms with Crippen LogP contribution in [0, 0.1) is 0 Å². The van der Waals surface area contributed by atoms with Crippen LogP contribution in [0.1, 0.15) is 30.0 Å². The van der Waals surface area contributed by atoms with Gasteiger partial charge in [0.2, 0.25) is 5.82 Å². The maximum absolute atomic E-state index is 12.9. The van der Waals surface area contributed by atoms with Crippen LogP contribution in [0.3, 0.4) is 0 Å². The van der Waals surface area contributed by atoms with E-state index in [1.807, 2.05) is 0 Å². The SMILES string of the molecule is O=c1cc(C2CCNCC2)n2ncc(-c3noc(-c4ccc(C(F)(F)F)cc4Cl)n3)c2[nH]1. The van der Waals surface area contributed by atoms with Crippen molar-refractivity contribution in [3.05, 3.63) is 57.1 Å². The van der Waals surface area contributed by atoms with Gasteiger partial charge in [0.25, 0.3) is 11.4 Å². The first-order valence-corrected chi connectivity index (χ1v) is 10.2. The fourth-order valence-corrected chi connectivity index (χ4v) is 4.15. The number of nitrogens with zero attached hydrogens (tertiary/aromatic N) is 4. The summed E-state index contributed by atoms with van der Waals surface area (Å²) in [6.45, 7) is 1.71. The van der Waals surface area contributed by atoms with Crippen molar-refractivity contribution in [1.82, 2.24) is 30.1 Å². The molecule has 1 aliphatic rings. The molecule has 166 valence electrons. The first-order valence-electron chi connectivity index (χ1n) is 9.84. The number of aromatic nitrogens is 5. The zero-order valence-electron chi connectivity index (χ0n) is 16.4. The lowest BCUT2D eigenvalue weighted by Gasteiger charge is -2.23. The van der Waals surface area contributed by atoms with Crippen LogP contribution in [0.25, 0.3) is 28.5 Å². The summed E-state index contributed by atoms with van der Waals surface area (Å²) in [5.41, 5.74) is 0.650. The molecule has 0 radical (unpaired) electrons. The Bertz CT molecular complexity index is 1350. The summed E-state index contributed by atoms with van der Waals surface area (Å²) in [6, 6.07) is 4.42. The average Bonchev–Trinajstić information content (AvgIpc) is 3.40. The lowest BCUT2D eigenvalue weighted by atomic mass is 9.94. The standard InChI is InChI=1S/C20H16ClF3N6O2/c21-14-7-11(20(22,23)24)1-2-12(14)19-28-17(29-32-19)13-9-26-30-15(8-16(31)27-18(13)30)10-3-5-25-6-4-10/h1-2,7-10,25H,3-6H2,(H,27,31). The van der Waals surface area contributed by atoms with Crippen LogP contribution in [0.15, 0.2) is 39.8 Å². The van der Waals surface area contributed by atoms with E-state index in [4.69, 9.17) is 16.1 Å². The highest BCUT2D eigenvalue weighted by Gasteiger charge is 2.31. The number of rotatable bonds is 3. The van der Waals surface area contributed by atoms with Crippen molar-refractivity contribution >= 4 is 17.2 Å². The molecule has 0 unspecified atom stereocenters. The number of fused-ring (bicyclic) bond motifs is 1. The van der Waals surface area contributed by atoms with Crippen LogP contribution in [-0.4, -0.2) is 37.8 Å². The van der Waals surface area contributed by atoms with Crippen LogP contribution in [0.2, 0.25) is 5.02 Å². The summed E-state index contributed by atoms with van der Waals surface area (Å²) in [5.74, 6) is 0.264. The molecule has 5 rings (SSSR count). The van der Waals surface area contributed by atoms with Gasteiger partial charge in [-0.3, -0.25) is 4.79 Å². The Morgan fingerprint density at radius 2 is 1.94 bits per heavy atom. The minimum atomic E-state index is -4.52. The molecule has 0 amide bonds. The monoisotopic (exact) mass is 464 g/mol. The molecule has 0 saturated carbocycles. The number of alkyl halides is 3. The third kappa shape index (κ3) is 3.67. The molecule has 0 atom stereocenters. The van der Waals surface area contributed by atoms with Crippen molar-refractivity contribution in [2.75, 3.05) is 13.1 Å². The third-order valence-corrected chi connectivity index (χ3v) is 5.80. The summed E-state index contributed by atoms with van der Waals surface area (Å²) in [6.07, 6.45) is -1.24. The van der Waals surface area contributed by atoms with Crippen LogP contribution >= 0.6 is 11.6 Å². The van der Waals surface area contributed by atoms with E-state index in [9.17, 15) is 18.0 Å². The molecule has 2 N–H and O–H groups in total. The van der Waals surface area contributed by atoms with E-state index in [0.29, 0.717) is 11.2 Å². The van der Waals surface area contributed by atoms with Crippen molar-refractivity contribution in [2.45, 2.75) is 24.9 Å². The molecule has 12 heteroatoms. The van der Waals surface area contributed by atoms with E-state index in [-0.39, 0.29) is 33.8 Å². The normalized spacial score (nSPS) is 15.5. The Kier molecular flexibility index (Phi) is 5.01. The second-order valence-corrected chi connectivity index (χ2v) is 7.92. The van der Waals surface area contributed by atoms with Crippen LogP contribution in [-0.2, 0) is 6.18 Å². The zero-order valence-corrected chi connectivity index (χ0v) is 17.2. The van der Waals surface area contributed by atoms with Gasteiger partial charge in [-0.25, -0.2) is 4.52 Å². The summed E-state index contributed by atoms with van der Waals surface area (Å²) in [4.78, 5) is 19.4. The van der Waals surface area contributed by atoms with Gasteiger partial charge in [-0.1, -0.05) is 16.8 Å². The van der Waals surface area contributed by atoms with Gasteiger partial charge in [-0.2, -0.15) is 23.3 Å². The number of piperidine rings is 1. The fraction of sp³-hybridized carbons (Fsp3) is 0.300. The second-order valence-electron chi connectivity index (χ2n) is 7.52. The molecule has 4 aromatic rings. The largest absolute Gasteiger partial charge is 0.416 e. The Balaban J connectivity index is 1.54. The first kappa shape index (κ1) is 20.7. The molecule has 32 heavy (non-hydrogen) atoms. The highest BCUT2D eigenvalue weighted by Crippen LogP contribution is 2.36. The molecule has 4 heterocycles. The number of nitrogens with one attached hydrogen (secondary N) is 2. The number of hydrogen-bond acceptors (Lipinski definition) is 6. The van der Waals surface area contributed by atoms with E-state index in [1.54, 1.807) is 10.6 Å². The molecule has 1 saturated heterocycles. The van der Waals surface area contributed by atoms with E-state index >= 15 is 0 Å². The summed E-state index contributed by atoms with van der Waals surface area (Å²) in [5, 5.41) is 11.4. The molecule has 0 spiro atoms. The minimum absolute atomic E-state index is 0.0464. The second kappa shape index (κ2) is 7.75. The first-order chi connectivity index (χ1) is 15.3. The number of aromatic amines is 1. The van der Waals surface area contributed by atoms with Crippen molar-refractivity contribution < 1.29 is 17.7 Å². The fourth-order valence-electron chi connectivity index (χ4n) is 3.89. The molecule has 0 aliphatic carbocycles. The maximum atomic E-state index is 12.9. The number of benzene rings is 1. The van der Waals surface area contributed by atoms with Gasteiger partial charge in [0.05, 0.1) is 33.6 Å². The van der Waals surface area contributed by atoms with Gasteiger partial charge in [-0.05, 0) is 44.1 Å². The van der Waals surface area contributed by atoms with Crippen molar-refractivity contribution in [3.63, 3.8) is 0 Å². The average molecular weight is 465 g/mol. The van der Waals surface area contributed by atoms with Crippen molar-refractivity contribution in [3.8, 4) is 22.8 Å². The van der Waals surface area contributed by atoms with Crippen LogP contribution < -0.4 is 10.9 Å². The third-order valence-electron chi connectivity index (χ3n) is 5.49. The van der Waals surface area contributed by atoms with E-state index in [2.05, 4.69) is 25.5 Å². The summed E-state index contributed by atoms with van der Waals surface area (Å²) >= 11 is 6.03. The molecule has 1 fully saturated rings. The molecule has 0 bridgehead atoms. The highest BCUT2D eigenvalue weighted by molar-refractivity contribution is 6.33. The van der Waals surface area contributed by atoms with Crippen LogP contribution in [0.5, 0.6) is 0 Å². The van der Waals surface area contributed by atoms with Gasteiger partial charge in [0.1, 0.15) is 5.65 Å². The van der Waals surface area contributed by atoms with Crippen molar-refractivity contribution in [1.29, 1.82) is 0 Å². The Labute approximate surface area is 183 Å². The van der Waals surface area contributed by atoms with E-state index < -0.39 is 11.7 Å². The number of halogens is 4. The van der Waals surface area contributed by atoms with E-state index in [0.717, 1.165) is 43.8 Å². The number of H-pyrrole nitrogens is 1. The van der Waals surface area contributed by atoms with Crippen molar-refractivity contribution in [2.24, 2.45) is 0 Å². The van der Waals surface area contributed by atoms with Gasteiger partial charge in [0.15, 0.2) is 0 Å². The summed E-state index contributed by atoms with van der Waals surface area (Å²) in [7, 11) is 0. The quantitative estimate of drug-likeness (QED) is 0.477. The van der Waals surface area contributed by atoms with E-state index in [1.165, 1.54) is 12.3 Å². The molecule has 3 aromatic heterocycles. The van der Waals surface area contributed by atoms with Gasteiger partial charge < -0.3 is 14.8 Å². The topological polar surface area (TPSA) is 101 Å².